The first kappa shape index (κ1) is 25.1. The maximum absolute atomic E-state index is 13.3. The standard InChI is InChI=1S/C30H30N2O7/c1-36-25-11-17(12-26(37-2)30(25)38-3)10-24-28(35)20-7-8-23(33)21(29(20)39-24)16-31-13-18-9-19(15-31)22-5-4-6-27(34)32(22)14-18/h4-8,10-12,18-19,33H,9,13-16H2,1-3H3/b24-10-. The molecule has 2 atom stereocenters. The summed E-state index contributed by atoms with van der Waals surface area (Å²) in [4.78, 5) is 28.0. The largest absolute Gasteiger partial charge is 0.507 e. The number of piperidine rings is 1. The molecule has 2 aromatic carbocycles. The fourth-order valence-corrected chi connectivity index (χ4v) is 6.13. The average Bonchev–Trinajstić information content (AvgIpc) is 3.25. The smallest absolute Gasteiger partial charge is 0.250 e. The van der Waals surface area contributed by atoms with E-state index in [9.17, 15) is 14.7 Å². The molecule has 1 aromatic heterocycles. The van der Waals surface area contributed by atoms with Crippen LogP contribution in [0.4, 0.5) is 0 Å². The first-order valence-corrected chi connectivity index (χ1v) is 12.9. The first-order valence-electron chi connectivity index (χ1n) is 12.9. The van der Waals surface area contributed by atoms with E-state index < -0.39 is 0 Å². The van der Waals surface area contributed by atoms with Crippen molar-refractivity contribution in [3.8, 4) is 28.7 Å². The van der Waals surface area contributed by atoms with Gasteiger partial charge in [-0.3, -0.25) is 14.5 Å². The Morgan fingerprint density at radius 1 is 1.00 bits per heavy atom. The number of carbonyl (C=O) groups is 1. The third-order valence-electron chi connectivity index (χ3n) is 7.84. The second-order valence-electron chi connectivity index (χ2n) is 10.2. The number of phenolic OH excluding ortho intramolecular Hbond substituents is 1. The molecule has 0 radical (unpaired) electrons. The van der Waals surface area contributed by atoms with Gasteiger partial charge in [-0.1, -0.05) is 6.07 Å². The molecule has 3 aromatic rings. The number of ketones is 1. The van der Waals surface area contributed by atoms with Gasteiger partial charge in [-0.05, 0) is 54.3 Å². The molecular weight excluding hydrogens is 500 g/mol. The van der Waals surface area contributed by atoms with Crippen molar-refractivity contribution in [3.63, 3.8) is 0 Å². The number of hydrogen-bond donors (Lipinski definition) is 1. The highest BCUT2D eigenvalue weighted by molar-refractivity contribution is 6.15. The Balaban J connectivity index is 1.29. The average molecular weight is 531 g/mol. The van der Waals surface area contributed by atoms with Crippen LogP contribution < -0.4 is 24.5 Å². The molecule has 39 heavy (non-hydrogen) atoms. The number of phenols is 1. The lowest BCUT2D eigenvalue weighted by Crippen LogP contribution is -2.46. The van der Waals surface area contributed by atoms with Crippen LogP contribution in [-0.4, -0.2) is 54.8 Å². The van der Waals surface area contributed by atoms with Crippen LogP contribution in [-0.2, 0) is 13.1 Å². The topological polar surface area (TPSA) is 99.5 Å². The van der Waals surface area contributed by atoms with Gasteiger partial charge in [0.05, 0.1) is 32.5 Å². The molecule has 3 aliphatic rings. The minimum Gasteiger partial charge on any atom is -0.507 e. The van der Waals surface area contributed by atoms with Gasteiger partial charge in [0.1, 0.15) is 11.5 Å². The molecule has 1 saturated heterocycles. The lowest BCUT2D eigenvalue weighted by atomic mass is 9.83. The molecule has 3 aliphatic heterocycles. The number of rotatable bonds is 6. The minimum absolute atomic E-state index is 0.0486. The van der Waals surface area contributed by atoms with Gasteiger partial charge < -0.3 is 28.6 Å². The van der Waals surface area contributed by atoms with Gasteiger partial charge in [-0.15, -0.1) is 0 Å². The Hall–Kier alpha value is -4.24. The normalized spacial score (nSPS) is 20.8. The third-order valence-corrected chi connectivity index (χ3v) is 7.84. The van der Waals surface area contributed by atoms with E-state index in [0.29, 0.717) is 58.7 Å². The molecule has 6 rings (SSSR count). The molecule has 9 nitrogen and oxygen atoms in total. The number of likely N-dealkylation sites (tertiary alicyclic amines) is 1. The summed E-state index contributed by atoms with van der Waals surface area (Å²) in [6, 6.07) is 12.1. The van der Waals surface area contributed by atoms with Gasteiger partial charge in [-0.2, -0.15) is 0 Å². The van der Waals surface area contributed by atoms with E-state index in [-0.39, 0.29) is 28.8 Å². The summed E-state index contributed by atoms with van der Waals surface area (Å²) in [7, 11) is 4.59. The SMILES string of the molecule is COc1cc(/C=C2\Oc3c(ccc(O)c3CN3CC4CC(C3)c3cccc(=O)n3C4)C2=O)cc(OC)c1OC. The molecule has 202 valence electrons. The molecule has 1 N–H and O–H groups in total. The zero-order valence-corrected chi connectivity index (χ0v) is 22.1. The van der Waals surface area contributed by atoms with Gasteiger partial charge in [-0.25, -0.2) is 0 Å². The van der Waals surface area contributed by atoms with E-state index >= 15 is 0 Å². The van der Waals surface area contributed by atoms with Gasteiger partial charge in [0.25, 0.3) is 5.56 Å². The number of methoxy groups -OCH3 is 3. The summed E-state index contributed by atoms with van der Waals surface area (Å²) < 4.78 is 24.3. The first-order chi connectivity index (χ1) is 18.9. The Bertz CT molecular complexity index is 1530. The number of pyridine rings is 1. The number of ether oxygens (including phenoxy) is 4. The summed E-state index contributed by atoms with van der Waals surface area (Å²) in [5.74, 6) is 2.31. The Kier molecular flexibility index (Phi) is 6.31. The van der Waals surface area contributed by atoms with Crippen LogP contribution >= 0.6 is 0 Å². The lowest BCUT2D eigenvalue weighted by molar-refractivity contribution is 0.101. The maximum Gasteiger partial charge on any atom is 0.250 e. The number of fused-ring (bicyclic) bond motifs is 5. The molecule has 0 aliphatic carbocycles. The monoisotopic (exact) mass is 530 g/mol. The molecule has 4 heterocycles. The highest BCUT2D eigenvalue weighted by Gasteiger charge is 2.37. The van der Waals surface area contributed by atoms with Crippen molar-refractivity contribution in [2.75, 3.05) is 34.4 Å². The number of nitrogens with zero attached hydrogens (tertiary/aromatic N) is 2. The number of Topliss-reactive ketones (excluding diaryl/α,β-unsaturated/α-hetero) is 1. The second-order valence-corrected chi connectivity index (χ2v) is 10.2. The summed E-state index contributed by atoms with van der Waals surface area (Å²) >= 11 is 0. The Morgan fingerprint density at radius 3 is 2.49 bits per heavy atom. The van der Waals surface area contributed by atoms with Gasteiger partial charge in [0, 0.05) is 43.9 Å². The van der Waals surface area contributed by atoms with E-state index in [0.717, 1.165) is 25.2 Å². The van der Waals surface area contributed by atoms with Gasteiger partial charge >= 0.3 is 0 Å². The predicted molar refractivity (Wildman–Crippen MR) is 144 cm³/mol. The fraction of sp³-hybridized carbons (Fsp3) is 0.333. The van der Waals surface area contributed by atoms with Crippen LogP contribution in [0.1, 0.15) is 39.5 Å². The van der Waals surface area contributed by atoms with E-state index in [2.05, 4.69) is 4.90 Å². The Labute approximate surface area is 225 Å². The lowest BCUT2D eigenvalue weighted by Gasteiger charge is -2.42. The van der Waals surface area contributed by atoms with Crippen molar-refractivity contribution >= 4 is 11.9 Å². The molecular formula is C30H30N2O7. The third kappa shape index (κ3) is 4.32. The molecule has 2 unspecified atom stereocenters. The molecule has 0 saturated carbocycles. The van der Waals surface area contributed by atoms with Crippen molar-refractivity contribution in [1.82, 2.24) is 9.47 Å². The van der Waals surface area contributed by atoms with E-state index in [4.69, 9.17) is 18.9 Å². The van der Waals surface area contributed by atoms with Crippen molar-refractivity contribution in [1.29, 1.82) is 0 Å². The van der Waals surface area contributed by atoms with Crippen molar-refractivity contribution in [2.24, 2.45) is 5.92 Å². The number of aromatic hydroxyl groups is 1. The number of hydrogen-bond acceptors (Lipinski definition) is 8. The van der Waals surface area contributed by atoms with E-state index in [1.807, 2.05) is 16.7 Å². The second kappa shape index (κ2) is 9.81. The number of carbonyl (C=O) groups excluding carboxylic acids is 1. The number of allylic oxidation sites excluding steroid dienone is 1. The van der Waals surface area contributed by atoms with Crippen LogP contribution in [0.25, 0.3) is 6.08 Å². The summed E-state index contributed by atoms with van der Waals surface area (Å²) in [5.41, 5.74) is 2.75. The number of aromatic nitrogens is 1. The van der Waals surface area contributed by atoms with E-state index in [1.54, 1.807) is 36.4 Å². The van der Waals surface area contributed by atoms with Crippen LogP contribution in [0, 0.1) is 5.92 Å². The highest BCUT2D eigenvalue weighted by atomic mass is 16.5. The summed E-state index contributed by atoms with van der Waals surface area (Å²) in [6.45, 7) is 2.68. The summed E-state index contributed by atoms with van der Waals surface area (Å²) in [6.07, 6.45) is 2.67. The summed E-state index contributed by atoms with van der Waals surface area (Å²) in [5, 5.41) is 10.8. The van der Waals surface area contributed by atoms with Gasteiger partial charge in [0.2, 0.25) is 11.5 Å². The molecule has 2 bridgehead atoms. The number of benzene rings is 2. The molecule has 9 heteroatoms. The highest BCUT2D eigenvalue weighted by Crippen LogP contribution is 2.43. The maximum atomic E-state index is 13.3. The van der Waals surface area contributed by atoms with Crippen molar-refractivity contribution in [2.45, 2.75) is 25.4 Å². The molecule has 0 spiro atoms. The molecule has 1 fully saturated rings. The predicted octanol–water partition coefficient (Wildman–Crippen LogP) is 3.82. The van der Waals surface area contributed by atoms with Crippen molar-refractivity contribution < 1.29 is 28.8 Å². The minimum atomic E-state index is -0.260. The van der Waals surface area contributed by atoms with Crippen LogP contribution in [0.2, 0.25) is 0 Å². The molecule has 0 amide bonds. The van der Waals surface area contributed by atoms with Crippen LogP contribution in [0.15, 0.2) is 53.0 Å². The Morgan fingerprint density at radius 2 is 1.77 bits per heavy atom. The van der Waals surface area contributed by atoms with Crippen LogP contribution in [0.3, 0.4) is 0 Å². The van der Waals surface area contributed by atoms with Gasteiger partial charge in [0.15, 0.2) is 17.3 Å². The fourth-order valence-electron chi connectivity index (χ4n) is 6.13. The van der Waals surface area contributed by atoms with Crippen molar-refractivity contribution in [3.05, 3.63) is 81.0 Å². The zero-order chi connectivity index (χ0) is 27.3. The van der Waals surface area contributed by atoms with E-state index in [1.165, 1.54) is 21.3 Å². The zero-order valence-electron chi connectivity index (χ0n) is 22.1. The van der Waals surface area contributed by atoms with Crippen LogP contribution in [0.5, 0.6) is 28.7 Å². The quantitative estimate of drug-likeness (QED) is 0.481.